The highest BCUT2D eigenvalue weighted by molar-refractivity contribution is 6.01. The normalized spacial score (nSPS) is 13.4. The molecular weight excluding hydrogens is 272 g/mol. The van der Waals surface area contributed by atoms with Crippen LogP contribution in [0.15, 0.2) is 60.7 Å². The summed E-state index contributed by atoms with van der Waals surface area (Å²) < 4.78 is 5.98. The monoisotopic (exact) mass is 288 g/mol. The van der Waals surface area contributed by atoms with Crippen molar-refractivity contribution in [3.05, 3.63) is 77.4 Å². The van der Waals surface area contributed by atoms with E-state index in [1.165, 1.54) is 10.8 Å². The van der Waals surface area contributed by atoms with Crippen molar-refractivity contribution in [3.8, 4) is 5.75 Å². The van der Waals surface area contributed by atoms with Crippen molar-refractivity contribution < 1.29 is 9.53 Å². The quantitative estimate of drug-likeness (QED) is 0.707. The smallest absolute Gasteiger partial charge is 0.163 e. The number of carbonyl (C=O) groups is 1. The topological polar surface area (TPSA) is 26.3 Å². The van der Waals surface area contributed by atoms with Crippen LogP contribution >= 0.6 is 0 Å². The Hall–Kier alpha value is -2.61. The zero-order valence-electron chi connectivity index (χ0n) is 12.2. The molecule has 3 aromatic rings. The molecule has 0 unspecified atom stereocenters. The van der Waals surface area contributed by atoms with Gasteiger partial charge in [-0.2, -0.15) is 0 Å². The van der Waals surface area contributed by atoms with Crippen LogP contribution < -0.4 is 4.74 Å². The van der Waals surface area contributed by atoms with E-state index in [0.717, 1.165) is 28.9 Å². The minimum atomic E-state index is 0.228. The Morgan fingerprint density at radius 1 is 0.864 bits per heavy atom. The number of carbonyl (C=O) groups excluding carboxylic acids is 1. The van der Waals surface area contributed by atoms with Crippen molar-refractivity contribution in [2.24, 2.45) is 0 Å². The Morgan fingerprint density at radius 2 is 1.73 bits per heavy atom. The van der Waals surface area contributed by atoms with Gasteiger partial charge in [-0.1, -0.05) is 48.5 Å². The molecule has 0 bridgehead atoms. The van der Waals surface area contributed by atoms with Gasteiger partial charge in [-0.15, -0.1) is 0 Å². The third-order valence-corrected chi connectivity index (χ3v) is 4.24. The van der Waals surface area contributed by atoms with Crippen LogP contribution in [0.1, 0.15) is 27.9 Å². The Bertz CT molecular complexity index is 864. The summed E-state index contributed by atoms with van der Waals surface area (Å²) in [6, 6.07) is 20.4. The van der Waals surface area contributed by atoms with E-state index in [1.807, 2.05) is 30.3 Å². The van der Waals surface area contributed by atoms with Crippen LogP contribution in [0, 0.1) is 0 Å². The minimum absolute atomic E-state index is 0.228. The van der Waals surface area contributed by atoms with E-state index in [4.69, 9.17) is 4.74 Å². The molecule has 2 nitrogen and oxygen atoms in total. The highest BCUT2D eigenvalue weighted by Crippen LogP contribution is 2.31. The second-order valence-electron chi connectivity index (χ2n) is 5.68. The molecule has 1 aliphatic carbocycles. The average molecular weight is 288 g/mol. The summed E-state index contributed by atoms with van der Waals surface area (Å²) in [5.74, 6) is 1.07. The zero-order valence-corrected chi connectivity index (χ0v) is 12.2. The van der Waals surface area contributed by atoms with Gasteiger partial charge in [0.25, 0.3) is 0 Å². The van der Waals surface area contributed by atoms with Gasteiger partial charge in [0.15, 0.2) is 5.78 Å². The van der Waals surface area contributed by atoms with Gasteiger partial charge in [0.2, 0.25) is 0 Å². The van der Waals surface area contributed by atoms with Crippen molar-refractivity contribution in [2.45, 2.75) is 19.4 Å². The Kier molecular flexibility index (Phi) is 3.15. The van der Waals surface area contributed by atoms with E-state index in [2.05, 4.69) is 30.3 Å². The molecule has 0 radical (unpaired) electrons. The van der Waals surface area contributed by atoms with Crippen LogP contribution in [-0.4, -0.2) is 5.78 Å². The maximum Gasteiger partial charge on any atom is 0.163 e. The van der Waals surface area contributed by atoms with Gasteiger partial charge in [-0.25, -0.2) is 0 Å². The Labute approximate surface area is 129 Å². The predicted octanol–water partition coefficient (Wildman–Crippen LogP) is 4.55. The zero-order chi connectivity index (χ0) is 14.9. The van der Waals surface area contributed by atoms with Gasteiger partial charge in [0.05, 0.1) is 0 Å². The molecule has 0 heterocycles. The van der Waals surface area contributed by atoms with Crippen molar-refractivity contribution in [2.75, 3.05) is 0 Å². The summed E-state index contributed by atoms with van der Waals surface area (Å²) in [6.07, 6.45) is 1.40. The molecule has 2 heteroatoms. The third-order valence-electron chi connectivity index (χ3n) is 4.24. The molecule has 0 fully saturated rings. The van der Waals surface area contributed by atoms with Gasteiger partial charge in [-0.3, -0.25) is 4.79 Å². The molecule has 1 aliphatic rings. The highest BCUT2D eigenvalue weighted by Gasteiger charge is 2.22. The first-order valence-corrected chi connectivity index (χ1v) is 7.57. The first-order chi connectivity index (χ1) is 10.8. The largest absolute Gasteiger partial charge is 0.489 e. The molecule has 22 heavy (non-hydrogen) atoms. The first-order valence-electron chi connectivity index (χ1n) is 7.57. The number of hydrogen-bond donors (Lipinski definition) is 0. The number of ether oxygens (including phenoxy) is 1. The highest BCUT2D eigenvalue weighted by atomic mass is 16.5. The van der Waals surface area contributed by atoms with Crippen LogP contribution in [0.3, 0.4) is 0 Å². The molecule has 108 valence electrons. The molecule has 0 spiro atoms. The molecule has 3 aromatic carbocycles. The molecule has 0 aliphatic heterocycles. The molecule has 4 rings (SSSR count). The maximum atomic E-state index is 11.8. The molecule has 0 aromatic heterocycles. The predicted molar refractivity (Wildman–Crippen MR) is 87.4 cm³/mol. The van der Waals surface area contributed by atoms with E-state index in [-0.39, 0.29) is 5.78 Å². The number of benzene rings is 3. The fraction of sp³-hybridized carbons (Fsp3) is 0.150. The summed E-state index contributed by atoms with van der Waals surface area (Å²) in [5, 5.41) is 2.45. The SMILES string of the molecule is O=C1CCc2c(OCc3ccc4ccccc4c3)cccc21. The fourth-order valence-corrected chi connectivity index (χ4v) is 3.08. The van der Waals surface area contributed by atoms with E-state index >= 15 is 0 Å². The fourth-order valence-electron chi connectivity index (χ4n) is 3.08. The van der Waals surface area contributed by atoms with Gasteiger partial charge in [0, 0.05) is 17.5 Å². The molecule has 0 saturated carbocycles. The lowest BCUT2D eigenvalue weighted by molar-refractivity contribution is 0.0994. The van der Waals surface area contributed by atoms with Gasteiger partial charge in [0.1, 0.15) is 12.4 Å². The third kappa shape index (κ3) is 2.27. The Balaban J connectivity index is 1.58. The number of hydrogen-bond acceptors (Lipinski definition) is 2. The number of Topliss-reactive ketones (excluding diaryl/α,β-unsaturated/α-hetero) is 1. The summed E-state index contributed by atoms with van der Waals surface area (Å²) >= 11 is 0. The van der Waals surface area contributed by atoms with Crippen molar-refractivity contribution >= 4 is 16.6 Å². The molecular formula is C20H16O2. The van der Waals surface area contributed by atoms with Crippen LogP contribution in [-0.2, 0) is 13.0 Å². The van der Waals surface area contributed by atoms with Gasteiger partial charge < -0.3 is 4.74 Å². The standard InChI is InChI=1S/C20H16O2/c21-19-11-10-18-17(19)6-3-7-20(18)22-13-14-8-9-15-4-1-2-5-16(15)12-14/h1-9,12H,10-11,13H2. The number of fused-ring (bicyclic) bond motifs is 2. The minimum Gasteiger partial charge on any atom is -0.489 e. The van der Waals surface area contributed by atoms with E-state index < -0.39 is 0 Å². The van der Waals surface area contributed by atoms with Gasteiger partial charge in [-0.05, 0) is 34.9 Å². The maximum absolute atomic E-state index is 11.8. The second-order valence-corrected chi connectivity index (χ2v) is 5.68. The lowest BCUT2D eigenvalue weighted by Gasteiger charge is -2.11. The van der Waals surface area contributed by atoms with Crippen LogP contribution in [0.25, 0.3) is 10.8 Å². The summed E-state index contributed by atoms with van der Waals surface area (Å²) in [4.78, 5) is 11.8. The number of ketones is 1. The van der Waals surface area contributed by atoms with Crippen molar-refractivity contribution in [1.29, 1.82) is 0 Å². The first kappa shape index (κ1) is 13.1. The molecule has 0 amide bonds. The summed E-state index contributed by atoms with van der Waals surface area (Å²) in [7, 11) is 0. The van der Waals surface area contributed by atoms with Crippen LogP contribution in [0.4, 0.5) is 0 Å². The van der Waals surface area contributed by atoms with Gasteiger partial charge >= 0.3 is 0 Å². The van der Waals surface area contributed by atoms with Crippen LogP contribution in [0.2, 0.25) is 0 Å². The number of rotatable bonds is 3. The van der Waals surface area contributed by atoms with E-state index in [1.54, 1.807) is 0 Å². The lowest BCUT2D eigenvalue weighted by atomic mass is 10.1. The lowest BCUT2D eigenvalue weighted by Crippen LogP contribution is -1.99. The van der Waals surface area contributed by atoms with E-state index in [9.17, 15) is 4.79 Å². The summed E-state index contributed by atoms with van der Waals surface area (Å²) in [6.45, 7) is 0.523. The van der Waals surface area contributed by atoms with Crippen molar-refractivity contribution in [3.63, 3.8) is 0 Å². The molecule has 0 N–H and O–H groups in total. The summed E-state index contributed by atoms with van der Waals surface area (Å²) in [5.41, 5.74) is 3.03. The van der Waals surface area contributed by atoms with Crippen LogP contribution in [0.5, 0.6) is 5.75 Å². The second kappa shape index (κ2) is 5.30. The van der Waals surface area contributed by atoms with E-state index in [0.29, 0.717) is 13.0 Å². The van der Waals surface area contributed by atoms with Crippen molar-refractivity contribution in [1.82, 2.24) is 0 Å². The molecule has 0 saturated heterocycles. The molecule has 0 atom stereocenters. The Morgan fingerprint density at radius 3 is 2.64 bits per heavy atom. The average Bonchev–Trinajstić information content (AvgIpc) is 2.95.